The number of halogens is 6. The second kappa shape index (κ2) is 10.7. The second-order valence-corrected chi connectivity index (χ2v) is 7.64. The smallest absolute Gasteiger partial charge is 0.453 e. The van der Waals surface area contributed by atoms with Gasteiger partial charge in [-0.25, -0.2) is 9.18 Å². The van der Waals surface area contributed by atoms with Gasteiger partial charge < -0.3 is 25.0 Å². The highest BCUT2D eigenvalue weighted by Crippen LogP contribution is 2.35. The molecule has 2 aromatic carbocycles. The molecule has 1 heterocycles. The fourth-order valence-corrected chi connectivity index (χ4v) is 3.15. The molecular weight excluding hydrogens is 553 g/mol. The summed E-state index contributed by atoms with van der Waals surface area (Å²) in [5.41, 5.74) is -1.33. The highest BCUT2D eigenvalue weighted by atomic mass is 35.5. The van der Waals surface area contributed by atoms with Crippen LogP contribution in [0.4, 0.5) is 23.4 Å². The standard InChI is InChI=1S/C20H9Cl2F4N5O6/c21-11-3-9(6-27)4-12(5-11)36-16-13(22)2-1-10(14(16)23)7-28-18(32)15-17(31(34)35)29-8-30(15)37-19(33)20(24,25)26/h1-5,8H,7H2,(H,28,32). The molecule has 0 saturated heterocycles. The molecule has 17 heteroatoms. The number of hydrogen-bond acceptors (Lipinski definition) is 8. The van der Waals surface area contributed by atoms with Crippen molar-refractivity contribution in [3.8, 4) is 17.6 Å². The van der Waals surface area contributed by atoms with E-state index in [2.05, 4.69) is 9.82 Å². The number of alkyl halides is 3. The number of nitrogens with zero attached hydrogens (tertiary/aromatic N) is 4. The number of benzene rings is 2. The van der Waals surface area contributed by atoms with E-state index in [4.69, 9.17) is 33.2 Å². The van der Waals surface area contributed by atoms with Gasteiger partial charge >= 0.3 is 18.0 Å². The van der Waals surface area contributed by atoms with Gasteiger partial charge in [0.15, 0.2) is 11.6 Å². The summed E-state index contributed by atoms with van der Waals surface area (Å²) >= 11 is 11.9. The van der Waals surface area contributed by atoms with E-state index in [9.17, 15) is 32.9 Å². The maximum absolute atomic E-state index is 15.1. The molecule has 0 aliphatic carbocycles. The summed E-state index contributed by atoms with van der Waals surface area (Å²) in [6.45, 7) is -0.674. The molecule has 11 nitrogen and oxygen atoms in total. The van der Waals surface area contributed by atoms with Crippen molar-refractivity contribution in [1.82, 2.24) is 15.0 Å². The van der Waals surface area contributed by atoms with Gasteiger partial charge in [0.25, 0.3) is 5.91 Å². The van der Waals surface area contributed by atoms with Gasteiger partial charge in [0.05, 0.1) is 16.7 Å². The third kappa shape index (κ3) is 6.23. The van der Waals surface area contributed by atoms with Gasteiger partial charge in [-0.2, -0.15) is 18.4 Å². The van der Waals surface area contributed by atoms with Crippen LogP contribution in [0.15, 0.2) is 36.7 Å². The van der Waals surface area contributed by atoms with Crippen LogP contribution in [0.25, 0.3) is 0 Å². The molecule has 37 heavy (non-hydrogen) atoms. The highest BCUT2D eigenvalue weighted by molar-refractivity contribution is 6.32. The van der Waals surface area contributed by atoms with Crippen molar-refractivity contribution in [3.63, 3.8) is 0 Å². The van der Waals surface area contributed by atoms with Gasteiger partial charge in [-0.15, -0.1) is 4.73 Å². The first-order valence-electron chi connectivity index (χ1n) is 9.46. The van der Waals surface area contributed by atoms with Crippen molar-refractivity contribution in [2.45, 2.75) is 12.7 Å². The Morgan fingerprint density at radius 2 is 1.95 bits per heavy atom. The minimum atomic E-state index is -5.48. The third-order valence-corrected chi connectivity index (χ3v) is 4.82. The van der Waals surface area contributed by atoms with Gasteiger partial charge in [-0.3, -0.25) is 4.79 Å². The Morgan fingerprint density at radius 1 is 1.24 bits per heavy atom. The van der Waals surface area contributed by atoms with E-state index in [0.29, 0.717) is 6.33 Å². The largest absolute Gasteiger partial charge is 0.493 e. The minimum Gasteiger partial charge on any atom is -0.453 e. The Labute approximate surface area is 212 Å². The monoisotopic (exact) mass is 561 g/mol. The number of imidazole rings is 1. The van der Waals surface area contributed by atoms with Crippen molar-refractivity contribution in [1.29, 1.82) is 5.26 Å². The third-order valence-electron chi connectivity index (χ3n) is 4.31. The number of nitriles is 1. The summed E-state index contributed by atoms with van der Waals surface area (Å²) in [5.74, 6) is -7.09. The first kappa shape index (κ1) is 27.2. The second-order valence-electron chi connectivity index (χ2n) is 6.80. The molecule has 192 valence electrons. The quantitative estimate of drug-likeness (QED) is 0.254. The van der Waals surface area contributed by atoms with Crippen molar-refractivity contribution in [3.05, 3.63) is 79.5 Å². The number of aromatic nitrogens is 2. The molecule has 0 bridgehead atoms. The van der Waals surface area contributed by atoms with Crippen LogP contribution in [0.1, 0.15) is 21.6 Å². The number of ether oxygens (including phenoxy) is 1. The lowest BCUT2D eigenvalue weighted by Crippen LogP contribution is -2.36. The molecule has 3 rings (SSSR count). The molecule has 0 spiro atoms. The van der Waals surface area contributed by atoms with Crippen LogP contribution in [-0.4, -0.2) is 32.7 Å². The minimum absolute atomic E-state index is 0.0444. The van der Waals surface area contributed by atoms with Gasteiger partial charge in [0.2, 0.25) is 12.0 Å². The topological polar surface area (TPSA) is 149 Å². The molecule has 0 radical (unpaired) electrons. The first-order valence-corrected chi connectivity index (χ1v) is 10.2. The van der Waals surface area contributed by atoms with Crippen LogP contribution in [-0.2, 0) is 11.3 Å². The Bertz CT molecular complexity index is 1450. The lowest BCUT2D eigenvalue weighted by atomic mass is 10.2. The molecular formula is C20H9Cl2F4N5O6. The number of amides is 1. The molecule has 0 aliphatic rings. The predicted octanol–water partition coefficient (Wildman–Crippen LogP) is 4.35. The molecule has 3 aromatic rings. The summed E-state index contributed by atoms with van der Waals surface area (Å²) in [5, 5.41) is 22.1. The Kier molecular flexibility index (Phi) is 7.84. The van der Waals surface area contributed by atoms with E-state index in [1.807, 2.05) is 11.4 Å². The van der Waals surface area contributed by atoms with Crippen molar-refractivity contribution < 1.29 is 41.6 Å². The fraction of sp³-hybridized carbons (Fsp3) is 0.100. The van der Waals surface area contributed by atoms with Crippen molar-refractivity contribution >= 4 is 40.9 Å². The SMILES string of the molecule is N#Cc1cc(Cl)cc(Oc2c(Cl)ccc(CNC(=O)c3c([N+](=O)[O-])ncn3OC(=O)C(F)(F)F)c2F)c1. The van der Waals surface area contributed by atoms with E-state index >= 15 is 4.39 Å². The van der Waals surface area contributed by atoms with Crippen LogP contribution in [0.5, 0.6) is 11.5 Å². The highest BCUT2D eigenvalue weighted by Gasteiger charge is 2.43. The molecule has 0 atom stereocenters. The predicted molar refractivity (Wildman–Crippen MR) is 115 cm³/mol. The lowest BCUT2D eigenvalue weighted by molar-refractivity contribution is -0.389. The zero-order valence-corrected chi connectivity index (χ0v) is 19.2. The molecule has 0 aliphatic heterocycles. The van der Waals surface area contributed by atoms with Crippen molar-refractivity contribution in [2.75, 3.05) is 0 Å². The summed E-state index contributed by atoms with van der Waals surface area (Å²) in [6.07, 6.45) is -5.17. The Morgan fingerprint density at radius 3 is 2.57 bits per heavy atom. The number of carbonyl (C=O) groups excluding carboxylic acids is 2. The molecule has 0 unspecified atom stereocenters. The molecule has 1 amide bonds. The maximum Gasteiger partial charge on any atom is 0.493 e. The van der Waals surface area contributed by atoms with Crippen LogP contribution in [0, 0.1) is 27.3 Å². The maximum atomic E-state index is 15.1. The first-order chi connectivity index (χ1) is 17.3. The fourth-order valence-electron chi connectivity index (χ4n) is 2.74. The van der Waals surface area contributed by atoms with Gasteiger partial charge in [0.1, 0.15) is 5.75 Å². The number of rotatable bonds is 7. The van der Waals surface area contributed by atoms with Crippen LogP contribution < -0.4 is 14.9 Å². The lowest BCUT2D eigenvalue weighted by Gasteiger charge is -2.13. The molecule has 0 saturated carbocycles. The number of carbonyl (C=O) groups is 2. The summed E-state index contributed by atoms with van der Waals surface area (Å²) in [6, 6.07) is 7.99. The van der Waals surface area contributed by atoms with Crippen LogP contribution >= 0.6 is 23.2 Å². The van der Waals surface area contributed by atoms with Crippen LogP contribution in [0.3, 0.4) is 0 Å². The zero-order chi connectivity index (χ0) is 27.5. The van der Waals surface area contributed by atoms with E-state index in [-0.39, 0.29) is 31.7 Å². The van der Waals surface area contributed by atoms with E-state index in [1.165, 1.54) is 24.3 Å². The van der Waals surface area contributed by atoms with E-state index in [0.717, 1.165) is 6.07 Å². The number of nitrogens with one attached hydrogen (secondary N) is 1. The average molecular weight is 562 g/mol. The van der Waals surface area contributed by atoms with Crippen molar-refractivity contribution in [2.24, 2.45) is 0 Å². The number of nitro groups is 1. The normalized spacial score (nSPS) is 10.9. The summed E-state index contributed by atoms with van der Waals surface area (Å²) < 4.78 is 57.9. The zero-order valence-electron chi connectivity index (χ0n) is 17.7. The summed E-state index contributed by atoms with van der Waals surface area (Å²) in [4.78, 5) is 40.7. The van der Waals surface area contributed by atoms with Gasteiger partial charge in [-0.1, -0.05) is 29.3 Å². The molecule has 1 aromatic heterocycles. The van der Waals surface area contributed by atoms with E-state index in [1.54, 1.807) is 0 Å². The molecule has 1 N–H and O–H groups in total. The average Bonchev–Trinajstić information content (AvgIpc) is 3.24. The van der Waals surface area contributed by atoms with Gasteiger partial charge in [-0.05, 0) is 34.2 Å². The Hall–Kier alpha value is -4.42. The molecule has 0 fully saturated rings. The number of hydrogen-bond donors (Lipinski definition) is 1. The Balaban J connectivity index is 1.86. The van der Waals surface area contributed by atoms with E-state index < -0.39 is 52.6 Å². The van der Waals surface area contributed by atoms with Gasteiger partial charge in [0, 0.05) is 17.1 Å². The van der Waals surface area contributed by atoms with Crippen LogP contribution in [0.2, 0.25) is 10.0 Å². The summed E-state index contributed by atoms with van der Waals surface area (Å²) in [7, 11) is 0.